The summed E-state index contributed by atoms with van der Waals surface area (Å²) in [5.74, 6) is -0.0187. The minimum Gasteiger partial charge on any atom is -0.435 e. The van der Waals surface area contributed by atoms with Crippen molar-refractivity contribution in [2.75, 3.05) is 0 Å². The second-order valence-corrected chi connectivity index (χ2v) is 4.29. The number of hydrogen-bond donors (Lipinski definition) is 0. The van der Waals surface area contributed by atoms with Crippen LogP contribution in [-0.2, 0) is 9.53 Å². The van der Waals surface area contributed by atoms with Crippen LogP contribution < -0.4 is 0 Å². The van der Waals surface area contributed by atoms with E-state index in [-0.39, 0.29) is 11.9 Å². The third kappa shape index (κ3) is 7.49. The molecule has 1 unspecified atom stereocenters. The molecule has 0 amide bonds. The monoisotopic (exact) mass is 226 g/mol. The largest absolute Gasteiger partial charge is 0.435 e. The number of esters is 1. The van der Waals surface area contributed by atoms with E-state index in [1.54, 1.807) is 0 Å². The first-order valence-electron chi connectivity index (χ1n) is 6.57. The molecule has 0 heterocycles. The maximum absolute atomic E-state index is 11.6. The maximum atomic E-state index is 11.6. The molecular formula is C14H26O2. The van der Waals surface area contributed by atoms with Gasteiger partial charge in [0.15, 0.2) is 0 Å². The fraction of sp³-hybridized carbons (Fsp3) is 0.786. The molecule has 0 radical (unpaired) electrons. The lowest BCUT2D eigenvalue weighted by atomic mass is 9.95. The lowest BCUT2D eigenvalue weighted by Crippen LogP contribution is -2.15. The van der Waals surface area contributed by atoms with Crippen LogP contribution in [0.2, 0.25) is 0 Å². The molecule has 0 N–H and O–H groups in total. The molecule has 0 saturated carbocycles. The van der Waals surface area contributed by atoms with Crippen LogP contribution >= 0.6 is 0 Å². The van der Waals surface area contributed by atoms with Crippen molar-refractivity contribution in [3.8, 4) is 0 Å². The van der Waals surface area contributed by atoms with Crippen molar-refractivity contribution in [3.05, 3.63) is 12.8 Å². The summed E-state index contributed by atoms with van der Waals surface area (Å²) in [6, 6.07) is 0. The molecule has 0 bridgehead atoms. The fourth-order valence-corrected chi connectivity index (χ4v) is 1.83. The highest BCUT2D eigenvalue weighted by Gasteiger charge is 2.18. The van der Waals surface area contributed by atoms with E-state index in [1.807, 2.05) is 0 Å². The quantitative estimate of drug-likeness (QED) is 0.312. The molecular weight excluding hydrogens is 200 g/mol. The van der Waals surface area contributed by atoms with Gasteiger partial charge in [-0.15, -0.1) is 0 Å². The molecule has 94 valence electrons. The number of hydrogen-bond acceptors (Lipinski definition) is 2. The predicted molar refractivity (Wildman–Crippen MR) is 68.1 cm³/mol. The third-order valence-corrected chi connectivity index (χ3v) is 2.85. The predicted octanol–water partition coefficient (Wildman–Crippen LogP) is 4.45. The van der Waals surface area contributed by atoms with Gasteiger partial charge >= 0.3 is 5.97 Å². The topological polar surface area (TPSA) is 26.3 Å². The number of unbranched alkanes of at least 4 members (excludes halogenated alkanes) is 4. The molecule has 0 fully saturated rings. The second-order valence-electron chi connectivity index (χ2n) is 4.29. The average molecular weight is 226 g/mol. The van der Waals surface area contributed by atoms with Crippen molar-refractivity contribution in [2.24, 2.45) is 5.92 Å². The van der Waals surface area contributed by atoms with Crippen molar-refractivity contribution in [1.29, 1.82) is 0 Å². The van der Waals surface area contributed by atoms with E-state index in [0.717, 1.165) is 32.1 Å². The molecule has 0 aromatic rings. The molecule has 0 rings (SSSR count). The van der Waals surface area contributed by atoms with E-state index in [1.165, 1.54) is 25.5 Å². The lowest BCUT2D eigenvalue weighted by molar-refractivity contribution is -0.143. The normalized spacial score (nSPS) is 12.1. The second kappa shape index (κ2) is 10.7. The van der Waals surface area contributed by atoms with E-state index in [4.69, 9.17) is 4.74 Å². The van der Waals surface area contributed by atoms with Crippen molar-refractivity contribution < 1.29 is 9.53 Å². The fourth-order valence-electron chi connectivity index (χ4n) is 1.83. The zero-order valence-electron chi connectivity index (χ0n) is 10.8. The zero-order chi connectivity index (χ0) is 12.2. The Hall–Kier alpha value is -0.790. The lowest BCUT2D eigenvalue weighted by Gasteiger charge is -2.13. The Morgan fingerprint density at radius 1 is 1.12 bits per heavy atom. The number of carbonyl (C=O) groups is 1. The van der Waals surface area contributed by atoms with Crippen molar-refractivity contribution >= 4 is 5.97 Å². The Balaban J connectivity index is 3.89. The average Bonchev–Trinajstić information content (AvgIpc) is 2.28. The van der Waals surface area contributed by atoms with E-state index < -0.39 is 0 Å². The third-order valence-electron chi connectivity index (χ3n) is 2.85. The highest BCUT2D eigenvalue weighted by atomic mass is 16.5. The van der Waals surface area contributed by atoms with Gasteiger partial charge in [0.2, 0.25) is 0 Å². The minimum atomic E-state index is -0.0973. The van der Waals surface area contributed by atoms with Crippen LogP contribution in [0.3, 0.4) is 0 Å². The van der Waals surface area contributed by atoms with Crippen LogP contribution in [0.1, 0.15) is 65.2 Å². The Morgan fingerprint density at radius 3 is 2.31 bits per heavy atom. The first-order valence-corrected chi connectivity index (χ1v) is 6.57. The van der Waals surface area contributed by atoms with Gasteiger partial charge in [0.1, 0.15) is 0 Å². The summed E-state index contributed by atoms with van der Waals surface area (Å²) in [6.07, 6.45) is 10.2. The van der Waals surface area contributed by atoms with Crippen LogP contribution in [0.15, 0.2) is 12.8 Å². The van der Waals surface area contributed by atoms with Gasteiger partial charge in [0.05, 0.1) is 12.2 Å². The molecule has 1 atom stereocenters. The van der Waals surface area contributed by atoms with Gasteiger partial charge in [-0.05, 0) is 12.8 Å². The smallest absolute Gasteiger partial charge is 0.313 e. The Bertz CT molecular complexity index is 187. The number of rotatable bonds is 10. The summed E-state index contributed by atoms with van der Waals surface area (Å²) in [5, 5.41) is 0. The number of ether oxygens (including phenoxy) is 1. The van der Waals surface area contributed by atoms with Crippen LogP contribution in [0.25, 0.3) is 0 Å². The van der Waals surface area contributed by atoms with Crippen LogP contribution in [-0.4, -0.2) is 5.97 Å². The van der Waals surface area contributed by atoms with Crippen molar-refractivity contribution in [2.45, 2.75) is 65.2 Å². The van der Waals surface area contributed by atoms with Crippen LogP contribution in [0.4, 0.5) is 0 Å². The Labute approximate surface area is 100 Å². The Kier molecular flexibility index (Phi) is 10.2. The van der Waals surface area contributed by atoms with Gasteiger partial charge in [-0.2, -0.15) is 0 Å². The molecule has 0 spiro atoms. The first-order chi connectivity index (χ1) is 7.76. The zero-order valence-corrected chi connectivity index (χ0v) is 10.8. The summed E-state index contributed by atoms with van der Waals surface area (Å²) >= 11 is 0. The van der Waals surface area contributed by atoms with E-state index in [2.05, 4.69) is 20.4 Å². The molecule has 2 heteroatoms. The van der Waals surface area contributed by atoms with Crippen molar-refractivity contribution in [1.82, 2.24) is 0 Å². The van der Waals surface area contributed by atoms with Crippen LogP contribution in [0.5, 0.6) is 0 Å². The van der Waals surface area contributed by atoms with E-state index in [0.29, 0.717) is 0 Å². The van der Waals surface area contributed by atoms with Crippen LogP contribution in [0, 0.1) is 5.92 Å². The molecule has 0 aliphatic heterocycles. The summed E-state index contributed by atoms with van der Waals surface area (Å²) in [5.41, 5.74) is 0. The summed E-state index contributed by atoms with van der Waals surface area (Å²) < 4.78 is 4.88. The van der Waals surface area contributed by atoms with E-state index in [9.17, 15) is 4.79 Å². The van der Waals surface area contributed by atoms with Crippen molar-refractivity contribution in [3.63, 3.8) is 0 Å². The summed E-state index contributed by atoms with van der Waals surface area (Å²) in [4.78, 5) is 11.6. The minimum absolute atomic E-state index is 0.0785. The molecule has 0 aliphatic rings. The molecule has 0 aromatic heterocycles. The van der Waals surface area contributed by atoms with Gasteiger partial charge in [-0.1, -0.05) is 59.0 Å². The Morgan fingerprint density at radius 2 is 1.75 bits per heavy atom. The highest BCUT2D eigenvalue weighted by Crippen LogP contribution is 2.18. The van der Waals surface area contributed by atoms with Gasteiger partial charge in [0, 0.05) is 0 Å². The molecule has 16 heavy (non-hydrogen) atoms. The molecule has 0 aromatic carbocycles. The summed E-state index contributed by atoms with van der Waals surface area (Å²) in [6.45, 7) is 7.77. The first kappa shape index (κ1) is 15.2. The van der Waals surface area contributed by atoms with Gasteiger partial charge in [-0.3, -0.25) is 4.79 Å². The van der Waals surface area contributed by atoms with E-state index >= 15 is 0 Å². The summed E-state index contributed by atoms with van der Waals surface area (Å²) in [7, 11) is 0. The van der Waals surface area contributed by atoms with Gasteiger partial charge < -0.3 is 4.74 Å². The number of carbonyl (C=O) groups excluding carboxylic acids is 1. The molecule has 0 aliphatic carbocycles. The molecule has 2 nitrogen and oxygen atoms in total. The molecule has 0 saturated heterocycles. The SMILES string of the molecule is C=COC(=O)C(CCCC)CCCCCC. The standard InChI is InChI=1S/C14H26O2/c1-4-7-9-10-12-13(11-8-5-2)14(15)16-6-3/h6,13H,3-5,7-12H2,1-2H3. The van der Waals surface area contributed by atoms with Gasteiger partial charge in [0.25, 0.3) is 0 Å². The highest BCUT2D eigenvalue weighted by molar-refractivity contribution is 5.72. The maximum Gasteiger partial charge on any atom is 0.313 e. The van der Waals surface area contributed by atoms with Gasteiger partial charge in [-0.25, -0.2) is 0 Å².